The van der Waals surface area contributed by atoms with E-state index >= 15 is 0 Å². The van der Waals surface area contributed by atoms with Gasteiger partial charge in [0.05, 0.1) is 30.7 Å². The molecular weight excluding hydrogens is 404 g/mol. The van der Waals surface area contributed by atoms with Crippen LogP contribution in [-0.4, -0.2) is 44.3 Å². The van der Waals surface area contributed by atoms with Crippen LogP contribution in [0.4, 0.5) is 5.69 Å². The fourth-order valence-electron chi connectivity index (χ4n) is 3.43. The van der Waals surface area contributed by atoms with E-state index in [1.54, 1.807) is 18.9 Å². The molecule has 2 aliphatic rings. The highest BCUT2D eigenvalue weighted by Crippen LogP contribution is 2.36. The Kier molecular flexibility index (Phi) is 5.09. The number of benzene rings is 2. The quantitative estimate of drug-likeness (QED) is 0.753. The largest absolute Gasteiger partial charge is 0.497 e. The summed E-state index contributed by atoms with van der Waals surface area (Å²) in [5, 5.41) is 1.47. The third-order valence-corrected chi connectivity index (χ3v) is 7.69. The van der Waals surface area contributed by atoms with Crippen LogP contribution in [-0.2, 0) is 15.6 Å². The zero-order valence-corrected chi connectivity index (χ0v) is 17.1. The molecule has 0 amide bonds. The number of rotatable bonds is 4. The lowest BCUT2D eigenvalue weighted by Crippen LogP contribution is -2.39. The zero-order valence-electron chi connectivity index (χ0n) is 14.7. The molecule has 0 radical (unpaired) electrons. The molecule has 0 unspecified atom stereocenters. The first-order chi connectivity index (χ1) is 12.9. The van der Waals surface area contributed by atoms with Gasteiger partial charge in [0.2, 0.25) is 0 Å². The average molecular weight is 423 g/mol. The molecule has 0 saturated carbocycles. The predicted molar refractivity (Wildman–Crippen MR) is 112 cm³/mol. The number of thioether (sulfide) groups is 1. The molecule has 0 spiro atoms. The highest BCUT2D eigenvalue weighted by molar-refractivity contribution is 8.13. The Balaban J connectivity index is 1.58. The van der Waals surface area contributed by atoms with Gasteiger partial charge in [-0.25, -0.2) is 8.42 Å². The van der Waals surface area contributed by atoms with Gasteiger partial charge in [0, 0.05) is 16.5 Å². The maximum atomic E-state index is 12.1. The number of hydrogen-bond acceptors (Lipinski definition) is 6. The Labute approximate surface area is 168 Å². The summed E-state index contributed by atoms with van der Waals surface area (Å²) in [4.78, 5) is 6.78. The third-order valence-electron chi connectivity index (χ3n) is 4.72. The maximum Gasteiger partial charge on any atom is 0.164 e. The van der Waals surface area contributed by atoms with Crippen molar-refractivity contribution in [3.05, 3.63) is 59.1 Å². The van der Waals surface area contributed by atoms with Crippen molar-refractivity contribution in [2.45, 2.75) is 17.8 Å². The number of nitrogens with zero attached hydrogens (tertiary/aromatic N) is 2. The van der Waals surface area contributed by atoms with E-state index in [1.807, 2.05) is 53.4 Å². The minimum absolute atomic E-state index is 0.112. The molecule has 0 aromatic heterocycles. The maximum absolute atomic E-state index is 12.1. The first kappa shape index (κ1) is 18.7. The van der Waals surface area contributed by atoms with Crippen molar-refractivity contribution in [1.29, 1.82) is 0 Å². The number of methoxy groups -OCH3 is 1. The lowest BCUT2D eigenvalue weighted by atomic mass is 10.1. The van der Waals surface area contributed by atoms with E-state index in [0.29, 0.717) is 5.02 Å². The van der Waals surface area contributed by atoms with Gasteiger partial charge in [-0.1, -0.05) is 41.6 Å². The number of sulfone groups is 1. The highest BCUT2D eigenvalue weighted by atomic mass is 35.5. The fourth-order valence-corrected chi connectivity index (χ4v) is 6.54. The van der Waals surface area contributed by atoms with E-state index in [2.05, 4.69) is 0 Å². The van der Waals surface area contributed by atoms with Crippen LogP contribution >= 0.6 is 23.4 Å². The molecule has 27 heavy (non-hydrogen) atoms. The van der Waals surface area contributed by atoms with Gasteiger partial charge >= 0.3 is 0 Å². The van der Waals surface area contributed by atoms with Crippen LogP contribution in [0.25, 0.3) is 0 Å². The third kappa shape index (κ3) is 3.95. The molecule has 2 atom stereocenters. The Morgan fingerprint density at radius 3 is 2.70 bits per heavy atom. The van der Waals surface area contributed by atoms with E-state index in [0.717, 1.165) is 27.9 Å². The van der Waals surface area contributed by atoms with Crippen molar-refractivity contribution < 1.29 is 13.2 Å². The van der Waals surface area contributed by atoms with Gasteiger partial charge in [-0.05, 0) is 35.9 Å². The number of hydrogen-bond donors (Lipinski definition) is 0. The van der Waals surface area contributed by atoms with E-state index in [9.17, 15) is 8.42 Å². The van der Waals surface area contributed by atoms with E-state index in [4.69, 9.17) is 21.3 Å². The Hall–Kier alpha value is -1.70. The topological polar surface area (TPSA) is 59.0 Å². The standard InChI is InChI=1S/C19H19ClN2O3S2/c1-25-16-7-5-13(6-8-16)10-26-19-21-17-11-27(23,24)12-18(17)22(19)15-4-2-3-14(20)9-15/h2-9,17-18H,10-12H2,1H3/t17-,18-/m0/s1. The lowest BCUT2D eigenvalue weighted by Gasteiger charge is -2.26. The minimum atomic E-state index is -3.06. The Bertz CT molecular complexity index is 977. The summed E-state index contributed by atoms with van der Waals surface area (Å²) < 4.78 is 29.4. The number of anilines is 1. The van der Waals surface area contributed by atoms with Crippen molar-refractivity contribution in [2.24, 2.45) is 4.99 Å². The smallest absolute Gasteiger partial charge is 0.164 e. The van der Waals surface area contributed by atoms with Crippen LogP contribution < -0.4 is 9.64 Å². The normalized spacial score (nSPS) is 23.2. The fraction of sp³-hybridized carbons (Fsp3) is 0.316. The summed E-state index contributed by atoms with van der Waals surface area (Å²) in [5.74, 6) is 1.80. The van der Waals surface area contributed by atoms with Gasteiger partial charge in [-0.2, -0.15) is 0 Å². The second kappa shape index (κ2) is 7.37. The summed E-state index contributed by atoms with van der Waals surface area (Å²) in [7, 11) is -1.41. The predicted octanol–water partition coefficient (Wildman–Crippen LogP) is 3.62. The molecule has 2 heterocycles. The number of aliphatic imine (C=N–C) groups is 1. The summed E-state index contributed by atoms with van der Waals surface area (Å²) in [6, 6.07) is 15.0. The SMILES string of the molecule is COc1ccc(CSC2=N[C@H]3CS(=O)(=O)C[C@@H]3N2c2cccc(Cl)c2)cc1. The molecule has 5 nitrogen and oxygen atoms in total. The van der Waals surface area contributed by atoms with Gasteiger partial charge in [0.25, 0.3) is 0 Å². The summed E-state index contributed by atoms with van der Waals surface area (Å²) in [6.45, 7) is 0. The second-order valence-corrected chi connectivity index (χ2v) is 10.1. The van der Waals surface area contributed by atoms with Crippen LogP contribution in [0.5, 0.6) is 5.75 Å². The van der Waals surface area contributed by atoms with Gasteiger partial charge in [0.15, 0.2) is 15.0 Å². The molecule has 8 heteroatoms. The summed E-state index contributed by atoms with van der Waals surface area (Å²) in [6.07, 6.45) is 0. The summed E-state index contributed by atoms with van der Waals surface area (Å²) >= 11 is 7.78. The number of halogens is 1. The molecule has 1 fully saturated rings. The van der Waals surface area contributed by atoms with Crippen LogP contribution in [0.3, 0.4) is 0 Å². The van der Waals surface area contributed by atoms with E-state index < -0.39 is 9.84 Å². The zero-order chi connectivity index (χ0) is 19.0. The molecule has 0 bridgehead atoms. The number of ether oxygens (including phenoxy) is 1. The minimum Gasteiger partial charge on any atom is -0.497 e. The molecular formula is C19H19ClN2O3S2. The second-order valence-electron chi connectivity index (χ2n) is 6.61. The Morgan fingerprint density at radius 2 is 2.00 bits per heavy atom. The van der Waals surface area contributed by atoms with Crippen LogP contribution in [0.1, 0.15) is 5.56 Å². The molecule has 142 valence electrons. The van der Waals surface area contributed by atoms with E-state index in [-0.39, 0.29) is 23.6 Å². The molecule has 2 aromatic carbocycles. The van der Waals surface area contributed by atoms with Crippen molar-refractivity contribution >= 4 is 44.1 Å². The first-order valence-corrected chi connectivity index (χ1v) is 11.7. The highest BCUT2D eigenvalue weighted by Gasteiger charge is 2.47. The average Bonchev–Trinajstić information content (AvgIpc) is 3.11. The molecule has 2 aliphatic heterocycles. The first-order valence-electron chi connectivity index (χ1n) is 8.54. The molecule has 4 rings (SSSR count). The molecule has 0 N–H and O–H groups in total. The van der Waals surface area contributed by atoms with Crippen LogP contribution in [0, 0.1) is 0 Å². The van der Waals surface area contributed by atoms with Crippen LogP contribution in [0.15, 0.2) is 53.5 Å². The van der Waals surface area contributed by atoms with Gasteiger partial charge in [0.1, 0.15) is 5.75 Å². The summed E-state index contributed by atoms with van der Waals surface area (Å²) in [5.41, 5.74) is 2.03. The van der Waals surface area contributed by atoms with Crippen LogP contribution in [0.2, 0.25) is 5.02 Å². The van der Waals surface area contributed by atoms with Crippen molar-refractivity contribution in [1.82, 2.24) is 0 Å². The van der Waals surface area contributed by atoms with Crippen molar-refractivity contribution in [3.63, 3.8) is 0 Å². The van der Waals surface area contributed by atoms with Gasteiger partial charge in [-0.3, -0.25) is 4.99 Å². The van der Waals surface area contributed by atoms with Gasteiger partial charge in [-0.15, -0.1) is 0 Å². The van der Waals surface area contributed by atoms with Crippen molar-refractivity contribution in [2.75, 3.05) is 23.5 Å². The molecule has 0 aliphatic carbocycles. The lowest BCUT2D eigenvalue weighted by molar-refractivity contribution is 0.414. The van der Waals surface area contributed by atoms with Gasteiger partial charge < -0.3 is 9.64 Å². The van der Waals surface area contributed by atoms with E-state index in [1.165, 1.54) is 0 Å². The number of amidine groups is 1. The molecule has 1 saturated heterocycles. The monoisotopic (exact) mass is 422 g/mol. The molecule has 2 aromatic rings. The van der Waals surface area contributed by atoms with Crippen molar-refractivity contribution in [3.8, 4) is 5.75 Å². The number of fused-ring (bicyclic) bond motifs is 1. The Morgan fingerprint density at radius 1 is 1.22 bits per heavy atom.